The number of nitro benzene ring substituents is 1. The fraction of sp³-hybridized carbons (Fsp3) is 0.500. The predicted octanol–water partition coefficient (Wildman–Crippen LogP) is 2.99. The molecule has 0 aliphatic carbocycles. The van der Waals surface area contributed by atoms with Crippen LogP contribution in [0.3, 0.4) is 0 Å². The molecular weight excluding hydrogens is 387 g/mol. The number of carbonyl (C=O) groups is 1. The zero-order valence-electron chi connectivity index (χ0n) is 12.1. The number of hydrogen-bond acceptors (Lipinski definition) is 4. The standard InChI is InChI=1S/C14H19IN2O4/c1-10(2)9-21-7-3-6-16-14(18)12-8-11(17(19)20)4-5-13(12)15/h4-5,8,10H,3,6-7,9H2,1-2H3,(H,16,18). The van der Waals surface area contributed by atoms with Gasteiger partial charge in [0.25, 0.3) is 11.6 Å². The van der Waals surface area contributed by atoms with Gasteiger partial charge in [0.1, 0.15) is 0 Å². The van der Waals surface area contributed by atoms with E-state index in [4.69, 9.17) is 4.74 Å². The van der Waals surface area contributed by atoms with Gasteiger partial charge in [-0.05, 0) is 41.0 Å². The van der Waals surface area contributed by atoms with Crippen LogP contribution in [-0.4, -0.2) is 30.6 Å². The Morgan fingerprint density at radius 1 is 1.48 bits per heavy atom. The quantitative estimate of drug-likeness (QED) is 0.312. The van der Waals surface area contributed by atoms with Gasteiger partial charge in [0, 0.05) is 35.5 Å². The van der Waals surface area contributed by atoms with Crippen molar-refractivity contribution in [1.29, 1.82) is 0 Å². The minimum Gasteiger partial charge on any atom is -0.381 e. The highest BCUT2D eigenvalue weighted by Gasteiger charge is 2.14. The van der Waals surface area contributed by atoms with Crippen molar-refractivity contribution in [3.8, 4) is 0 Å². The average molecular weight is 406 g/mol. The van der Waals surface area contributed by atoms with E-state index in [1.807, 2.05) is 22.6 Å². The van der Waals surface area contributed by atoms with Gasteiger partial charge >= 0.3 is 0 Å². The van der Waals surface area contributed by atoms with Crippen molar-refractivity contribution in [2.24, 2.45) is 5.92 Å². The fourth-order valence-electron chi connectivity index (χ4n) is 1.59. The first-order valence-electron chi connectivity index (χ1n) is 6.71. The summed E-state index contributed by atoms with van der Waals surface area (Å²) in [4.78, 5) is 22.2. The molecule has 0 aliphatic heterocycles. The average Bonchev–Trinajstić information content (AvgIpc) is 2.42. The molecule has 0 atom stereocenters. The zero-order valence-corrected chi connectivity index (χ0v) is 14.3. The van der Waals surface area contributed by atoms with Crippen LogP contribution in [0.1, 0.15) is 30.6 Å². The highest BCUT2D eigenvalue weighted by molar-refractivity contribution is 14.1. The summed E-state index contributed by atoms with van der Waals surface area (Å²) in [6, 6.07) is 4.25. The molecule has 0 aliphatic rings. The molecule has 116 valence electrons. The van der Waals surface area contributed by atoms with E-state index in [0.717, 1.165) is 0 Å². The number of rotatable bonds is 8. The molecule has 0 bridgehead atoms. The molecule has 1 rings (SSSR count). The maximum Gasteiger partial charge on any atom is 0.270 e. The molecule has 7 heteroatoms. The number of ether oxygens (including phenoxy) is 1. The summed E-state index contributed by atoms with van der Waals surface area (Å²) in [6.07, 6.45) is 0.712. The topological polar surface area (TPSA) is 81.5 Å². The van der Waals surface area contributed by atoms with Crippen LogP contribution in [0.5, 0.6) is 0 Å². The van der Waals surface area contributed by atoms with E-state index in [1.54, 1.807) is 6.07 Å². The number of nitrogens with one attached hydrogen (secondary N) is 1. The van der Waals surface area contributed by atoms with Gasteiger partial charge in [-0.3, -0.25) is 14.9 Å². The second-order valence-corrected chi connectivity index (χ2v) is 6.16. The van der Waals surface area contributed by atoms with E-state index >= 15 is 0 Å². The number of nitro groups is 1. The molecule has 0 radical (unpaired) electrons. The Morgan fingerprint density at radius 3 is 2.81 bits per heavy atom. The Balaban J connectivity index is 2.45. The second-order valence-electron chi connectivity index (χ2n) is 5.00. The molecule has 6 nitrogen and oxygen atoms in total. The van der Waals surface area contributed by atoms with Crippen molar-refractivity contribution in [2.45, 2.75) is 20.3 Å². The smallest absolute Gasteiger partial charge is 0.270 e. The SMILES string of the molecule is CC(C)COCCCNC(=O)c1cc([N+](=O)[O-])ccc1I. The van der Waals surface area contributed by atoms with Crippen molar-refractivity contribution in [2.75, 3.05) is 19.8 Å². The van der Waals surface area contributed by atoms with Crippen LogP contribution in [0.15, 0.2) is 18.2 Å². The van der Waals surface area contributed by atoms with Crippen molar-refractivity contribution < 1.29 is 14.5 Å². The lowest BCUT2D eigenvalue weighted by atomic mass is 10.2. The van der Waals surface area contributed by atoms with E-state index in [1.165, 1.54) is 12.1 Å². The number of halogens is 1. The summed E-state index contributed by atoms with van der Waals surface area (Å²) in [5, 5.41) is 13.5. The first-order chi connectivity index (χ1) is 9.91. The Kier molecular flexibility index (Phi) is 7.58. The van der Waals surface area contributed by atoms with Crippen LogP contribution in [-0.2, 0) is 4.74 Å². The second kappa shape index (κ2) is 8.93. The minimum atomic E-state index is -0.507. The molecule has 0 unspecified atom stereocenters. The summed E-state index contributed by atoms with van der Waals surface area (Å²) >= 11 is 1.99. The molecule has 0 saturated heterocycles. The normalized spacial score (nSPS) is 10.7. The van der Waals surface area contributed by atoms with Crippen molar-refractivity contribution >= 4 is 34.2 Å². The third-order valence-electron chi connectivity index (χ3n) is 2.61. The lowest BCUT2D eigenvalue weighted by Crippen LogP contribution is -2.26. The molecular formula is C14H19IN2O4. The van der Waals surface area contributed by atoms with Gasteiger partial charge in [0.2, 0.25) is 0 Å². The number of non-ortho nitro benzene ring substituents is 1. The van der Waals surface area contributed by atoms with E-state index in [-0.39, 0.29) is 11.6 Å². The number of nitrogens with zero attached hydrogens (tertiary/aromatic N) is 1. The monoisotopic (exact) mass is 406 g/mol. The number of benzene rings is 1. The highest BCUT2D eigenvalue weighted by Crippen LogP contribution is 2.19. The molecule has 0 saturated carbocycles. The van der Waals surface area contributed by atoms with Gasteiger partial charge in [-0.25, -0.2) is 0 Å². The van der Waals surface area contributed by atoms with Crippen molar-refractivity contribution in [3.05, 3.63) is 37.4 Å². The fourth-order valence-corrected chi connectivity index (χ4v) is 2.17. The Morgan fingerprint density at radius 2 is 2.19 bits per heavy atom. The lowest BCUT2D eigenvalue weighted by Gasteiger charge is -2.08. The van der Waals surface area contributed by atoms with Crippen LogP contribution in [0, 0.1) is 19.6 Å². The third-order valence-corrected chi connectivity index (χ3v) is 3.55. The van der Waals surface area contributed by atoms with Crippen LogP contribution < -0.4 is 5.32 Å². The largest absolute Gasteiger partial charge is 0.381 e. The molecule has 21 heavy (non-hydrogen) atoms. The summed E-state index contributed by atoms with van der Waals surface area (Å²) in [7, 11) is 0. The van der Waals surface area contributed by atoms with Gasteiger partial charge in [-0.15, -0.1) is 0 Å². The van der Waals surface area contributed by atoms with Crippen molar-refractivity contribution in [1.82, 2.24) is 5.32 Å². The van der Waals surface area contributed by atoms with Crippen LogP contribution in [0.4, 0.5) is 5.69 Å². The van der Waals surface area contributed by atoms with E-state index in [2.05, 4.69) is 19.2 Å². The maximum absolute atomic E-state index is 12.0. The summed E-state index contributed by atoms with van der Waals surface area (Å²) in [6.45, 7) is 5.93. The molecule has 0 fully saturated rings. The zero-order chi connectivity index (χ0) is 15.8. The molecule has 1 N–H and O–H groups in total. The van der Waals surface area contributed by atoms with Gasteiger partial charge in [0.15, 0.2) is 0 Å². The Labute approximate surface area is 137 Å². The molecule has 0 heterocycles. The number of carbonyl (C=O) groups excluding carboxylic acids is 1. The number of hydrogen-bond donors (Lipinski definition) is 1. The first kappa shape index (κ1) is 17.8. The van der Waals surface area contributed by atoms with E-state index in [0.29, 0.717) is 41.2 Å². The maximum atomic E-state index is 12.0. The number of amides is 1. The predicted molar refractivity (Wildman–Crippen MR) is 88.4 cm³/mol. The van der Waals surface area contributed by atoms with Crippen LogP contribution in [0.25, 0.3) is 0 Å². The van der Waals surface area contributed by atoms with Gasteiger partial charge in [-0.2, -0.15) is 0 Å². The van der Waals surface area contributed by atoms with E-state index < -0.39 is 4.92 Å². The summed E-state index contributed by atoms with van der Waals surface area (Å²) in [5.41, 5.74) is 0.244. The van der Waals surface area contributed by atoms with Crippen LogP contribution in [0.2, 0.25) is 0 Å². The highest BCUT2D eigenvalue weighted by atomic mass is 127. The molecule has 1 amide bonds. The molecule has 1 aromatic carbocycles. The third kappa shape index (κ3) is 6.38. The van der Waals surface area contributed by atoms with Crippen LogP contribution >= 0.6 is 22.6 Å². The Bertz CT molecular complexity index is 506. The lowest BCUT2D eigenvalue weighted by molar-refractivity contribution is -0.384. The van der Waals surface area contributed by atoms with E-state index in [9.17, 15) is 14.9 Å². The molecule has 1 aromatic rings. The first-order valence-corrected chi connectivity index (χ1v) is 7.79. The van der Waals surface area contributed by atoms with Gasteiger partial charge in [0.05, 0.1) is 10.5 Å². The van der Waals surface area contributed by atoms with Gasteiger partial charge in [-0.1, -0.05) is 13.8 Å². The molecule has 0 spiro atoms. The summed E-state index contributed by atoms with van der Waals surface area (Å²) in [5.74, 6) is 0.193. The van der Waals surface area contributed by atoms with Crippen molar-refractivity contribution in [3.63, 3.8) is 0 Å². The minimum absolute atomic E-state index is 0.0826. The Hall–Kier alpha value is -1.22. The summed E-state index contributed by atoms with van der Waals surface area (Å²) < 4.78 is 6.10. The van der Waals surface area contributed by atoms with Gasteiger partial charge < -0.3 is 10.1 Å². The molecule has 0 aromatic heterocycles.